The predicted octanol–water partition coefficient (Wildman–Crippen LogP) is 12.4. The second-order valence-electron chi connectivity index (χ2n) is 16.4. The molecular formula is C48H87NO6. The second-order valence-corrected chi connectivity index (χ2v) is 16.4. The molecule has 55 heavy (non-hydrogen) atoms. The summed E-state index contributed by atoms with van der Waals surface area (Å²) < 4.78 is 22.7. The molecule has 1 rings (SSSR count). The van der Waals surface area contributed by atoms with E-state index in [1.54, 1.807) is 0 Å². The van der Waals surface area contributed by atoms with Crippen molar-refractivity contribution in [2.75, 3.05) is 59.3 Å². The number of morpholine rings is 1. The lowest BCUT2D eigenvalue weighted by Gasteiger charge is -2.26. The van der Waals surface area contributed by atoms with Crippen molar-refractivity contribution >= 4 is 11.9 Å². The maximum Gasteiger partial charge on any atom is 0.305 e. The number of allylic oxidation sites excluding steroid dienone is 1. The Bertz CT molecular complexity index is 967. The van der Waals surface area contributed by atoms with E-state index in [0.717, 1.165) is 104 Å². The molecule has 7 heteroatoms. The number of unbranched alkanes of at least 4 members (excludes halogenated alkanes) is 14. The second kappa shape index (κ2) is 39.0. The number of esters is 2. The fourth-order valence-electron chi connectivity index (χ4n) is 7.44. The summed E-state index contributed by atoms with van der Waals surface area (Å²) in [5.41, 5.74) is 5.67. The summed E-state index contributed by atoms with van der Waals surface area (Å²) in [4.78, 5) is 26.8. The van der Waals surface area contributed by atoms with Crippen molar-refractivity contribution in [3.63, 3.8) is 0 Å². The molecule has 0 aromatic carbocycles. The summed E-state index contributed by atoms with van der Waals surface area (Å²) in [6.07, 6.45) is 32.5. The molecule has 3 unspecified atom stereocenters. The quantitative estimate of drug-likeness (QED) is 0.0350. The molecule has 0 aromatic heterocycles. The zero-order valence-corrected chi connectivity index (χ0v) is 36.4. The molecule has 0 radical (unpaired) electrons. The molecule has 0 bridgehead atoms. The monoisotopic (exact) mass is 774 g/mol. The van der Waals surface area contributed by atoms with Gasteiger partial charge in [-0.05, 0) is 81.8 Å². The van der Waals surface area contributed by atoms with Crippen LogP contribution in [0.25, 0.3) is 0 Å². The molecule has 1 aliphatic rings. The highest BCUT2D eigenvalue weighted by atomic mass is 16.5. The highest BCUT2D eigenvalue weighted by Crippen LogP contribution is 2.21. The van der Waals surface area contributed by atoms with Gasteiger partial charge in [0, 0.05) is 45.7 Å². The Morgan fingerprint density at radius 3 is 1.75 bits per heavy atom. The number of hydrogen-bond donors (Lipinski definition) is 0. The van der Waals surface area contributed by atoms with Gasteiger partial charge >= 0.3 is 11.9 Å². The van der Waals surface area contributed by atoms with Gasteiger partial charge < -0.3 is 18.9 Å². The average Bonchev–Trinajstić information content (AvgIpc) is 3.19. The van der Waals surface area contributed by atoms with Gasteiger partial charge in [-0.2, -0.15) is 0 Å². The topological polar surface area (TPSA) is 74.3 Å². The van der Waals surface area contributed by atoms with Crippen LogP contribution < -0.4 is 0 Å². The van der Waals surface area contributed by atoms with Gasteiger partial charge in [-0.25, -0.2) is 0 Å². The molecule has 1 heterocycles. The van der Waals surface area contributed by atoms with E-state index in [1.165, 1.54) is 103 Å². The molecule has 1 fully saturated rings. The van der Waals surface area contributed by atoms with Gasteiger partial charge in [-0.1, -0.05) is 141 Å². The lowest BCUT2D eigenvalue weighted by Crippen LogP contribution is -2.37. The Morgan fingerprint density at radius 2 is 1.18 bits per heavy atom. The summed E-state index contributed by atoms with van der Waals surface area (Å²) in [7, 11) is 0. The fraction of sp³-hybridized carbons (Fsp3) is 0.875. The van der Waals surface area contributed by atoms with E-state index in [0.29, 0.717) is 43.8 Å². The standard InChI is InChI=1S/C48H87NO6/c1-5-8-26-44(4)33-39-54-47(50)31-23-19-15-11-13-17-21-29-46(43-53-38-25-35-49-36-41-52-42-37-49)30-22-18-14-12-16-20-24-32-48(51)55-40-34-45(27-9-6-2)28-10-7-3/h27,44-46H,2,5,7-8,10-26,28-43H2,1,3-4H3. The molecule has 3 atom stereocenters. The van der Waals surface area contributed by atoms with Gasteiger partial charge in [0.25, 0.3) is 0 Å². The third-order valence-electron chi connectivity index (χ3n) is 11.2. The van der Waals surface area contributed by atoms with Crippen LogP contribution >= 0.6 is 0 Å². The number of rotatable bonds is 39. The molecule has 0 aliphatic carbocycles. The first kappa shape index (κ1) is 51.1. The number of carbonyl (C=O) groups excluding carboxylic acids is 2. The number of carbonyl (C=O) groups is 2. The fourth-order valence-corrected chi connectivity index (χ4v) is 7.44. The molecule has 1 saturated heterocycles. The van der Waals surface area contributed by atoms with E-state index >= 15 is 0 Å². The Balaban J connectivity index is 2.17. The van der Waals surface area contributed by atoms with Crippen LogP contribution in [-0.2, 0) is 28.5 Å². The molecule has 320 valence electrons. The van der Waals surface area contributed by atoms with E-state index < -0.39 is 0 Å². The van der Waals surface area contributed by atoms with Crippen molar-refractivity contribution in [1.29, 1.82) is 0 Å². The summed E-state index contributed by atoms with van der Waals surface area (Å²) in [5.74, 6) is 1.62. The van der Waals surface area contributed by atoms with Gasteiger partial charge in [-0.15, -0.1) is 0 Å². The van der Waals surface area contributed by atoms with Crippen LogP contribution in [0.2, 0.25) is 0 Å². The number of hydrogen-bond acceptors (Lipinski definition) is 7. The first-order valence-corrected chi connectivity index (χ1v) is 23.3. The van der Waals surface area contributed by atoms with Gasteiger partial charge in [0.1, 0.15) is 0 Å². The average molecular weight is 774 g/mol. The van der Waals surface area contributed by atoms with Crippen molar-refractivity contribution in [2.45, 2.75) is 194 Å². The third kappa shape index (κ3) is 33.9. The zero-order chi connectivity index (χ0) is 39.9. The van der Waals surface area contributed by atoms with Crippen LogP contribution in [0, 0.1) is 17.8 Å². The molecule has 1 aliphatic heterocycles. The van der Waals surface area contributed by atoms with Crippen molar-refractivity contribution in [2.24, 2.45) is 17.8 Å². The van der Waals surface area contributed by atoms with Crippen LogP contribution in [0.1, 0.15) is 194 Å². The maximum absolute atomic E-state index is 12.2. The molecule has 0 saturated carbocycles. The predicted molar refractivity (Wildman–Crippen MR) is 229 cm³/mol. The molecular weight excluding hydrogens is 687 g/mol. The van der Waals surface area contributed by atoms with Crippen LogP contribution in [-0.4, -0.2) is 76.1 Å². The summed E-state index contributed by atoms with van der Waals surface area (Å²) in [5, 5.41) is 0. The van der Waals surface area contributed by atoms with E-state index in [2.05, 4.69) is 43.7 Å². The Labute approximate surface area is 339 Å². The van der Waals surface area contributed by atoms with Crippen LogP contribution in [0.3, 0.4) is 0 Å². The first-order valence-electron chi connectivity index (χ1n) is 23.3. The first-order chi connectivity index (χ1) is 27.0. The zero-order valence-electron chi connectivity index (χ0n) is 36.4. The van der Waals surface area contributed by atoms with E-state index in [4.69, 9.17) is 18.9 Å². The molecule has 0 aromatic rings. The van der Waals surface area contributed by atoms with Crippen molar-refractivity contribution in [3.05, 3.63) is 24.1 Å². The van der Waals surface area contributed by atoms with Gasteiger partial charge in [-0.3, -0.25) is 14.5 Å². The largest absolute Gasteiger partial charge is 0.466 e. The minimum atomic E-state index is -0.0563. The molecule has 0 spiro atoms. The summed E-state index contributed by atoms with van der Waals surface area (Å²) >= 11 is 0. The van der Waals surface area contributed by atoms with Crippen LogP contribution in [0.5, 0.6) is 0 Å². The number of nitrogens with zero attached hydrogens (tertiary/aromatic N) is 1. The highest BCUT2D eigenvalue weighted by Gasteiger charge is 2.13. The lowest BCUT2D eigenvalue weighted by molar-refractivity contribution is -0.145. The normalized spacial score (nSPS) is 14.8. The van der Waals surface area contributed by atoms with E-state index in [-0.39, 0.29) is 11.9 Å². The molecule has 0 N–H and O–H groups in total. The minimum Gasteiger partial charge on any atom is -0.466 e. The SMILES string of the molecule is C=C=C=CC(CCCC)CCOC(=O)CCCCCCCCCC(CCCCCCCCCC(=O)OCCC(C)CCCC)COCCCN1CCOCC1. The third-order valence-corrected chi connectivity index (χ3v) is 11.2. The Morgan fingerprint density at radius 1 is 0.655 bits per heavy atom. The van der Waals surface area contributed by atoms with E-state index in [1.807, 2.05) is 6.08 Å². The van der Waals surface area contributed by atoms with Gasteiger partial charge in [0.05, 0.1) is 26.4 Å². The Hall–Kier alpha value is -1.88. The lowest BCUT2D eigenvalue weighted by atomic mass is 9.94. The van der Waals surface area contributed by atoms with Gasteiger partial charge in [0.2, 0.25) is 0 Å². The van der Waals surface area contributed by atoms with Gasteiger partial charge in [0.15, 0.2) is 0 Å². The molecule has 0 amide bonds. The Kier molecular flexibility index (Phi) is 36.2. The van der Waals surface area contributed by atoms with Crippen molar-refractivity contribution in [3.8, 4) is 0 Å². The van der Waals surface area contributed by atoms with Crippen molar-refractivity contribution < 1.29 is 28.5 Å². The van der Waals surface area contributed by atoms with Crippen molar-refractivity contribution in [1.82, 2.24) is 4.90 Å². The van der Waals surface area contributed by atoms with E-state index in [9.17, 15) is 9.59 Å². The molecule has 7 nitrogen and oxygen atoms in total. The minimum absolute atomic E-state index is 0.0136. The van der Waals surface area contributed by atoms with Crippen LogP contribution in [0.4, 0.5) is 0 Å². The maximum atomic E-state index is 12.2. The summed E-state index contributed by atoms with van der Waals surface area (Å²) in [6.45, 7) is 18.0. The smallest absolute Gasteiger partial charge is 0.305 e. The summed E-state index contributed by atoms with van der Waals surface area (Å²) in [6, 6.07) is 0. The van der Waals surface area contributed by atoms with Crippen LogP contribution in [0.15, 0.2) is 24.1 Å². The highest BCUT2D eigenvalue weighted by molar-refractivity contribution is 5.69. The number of ether oxygens (including phenoxy) is 4.